The number of ether oxygens (including phenoxy) is 2. The van der Waals surface area contributed by atoms with Crippen LogP contribution in [0.3, 0.4) is 0 Å². The molecule has 2 aliphatic carbocycles. The van der Waals surface area contributed by atoms with E-state index in [1.54, 1.807) is 7.11 Å². The van der Waals surface area contributed by atoms with Crippen molar-refractivity contribution in [2.45, 2.75) is 75.4 Å². The van der Waals surface area contributed by atoms with Gasteiger partial charge in [0.2, 0.25) is 0 Å². The Kier molecular flexibility index (Phi) is 4.63. The van der Waals surface area contributed by atoms with E-state index in [0.29, 0.717) is 12.0 Å². The Morgan fingerprint density at radius 2 is 2.00 bits per heavy atom. The van der Waals surface area contributed by atoms with E-state index in [9.17, 15) is 0 Å². The maximum Gasteiger partial charge on any atom is 0.193 e. The van der Waals surface area contributed by atoms with Crippen molar-refractivity contribution < 1.29 is 13.9 Å². The lowest BCUT2D eigenvalue weighted by Gasteiger charge is -2.57. The summed E-state index contributed by atoms with van der Waals surface area (Å²) in [5.41, 5.74) is 2.77. The molecule has 5 atom stereocenters. The second kappa shape index (κ2) is 6.59. The van der Waals surface area contributed by atoms with Gasteiger partial charge in [-0.15, -0.1) is 0 Å². The van der Waals surface area contributed by atoms with Crippen molar-refractivity contribution >= 4 is 24.2 Å². The molecule has 5 rings (SSSR count). The highest BCUT2D eigenvalue weighted by Crippen LogP contribution is 2.64. The van der Waals surface area contributed by atoms with Crippen LogP contribution in [0, 0.1) is 5.92 Å². The van der Waals surface area contributed by atoms with Crippen molar-refractivity contribution in [3.63, 3.8) is 0 Å². The molecule has 4 nitrogen and oxygen atoms in total. The Morgan fingerprint density at radius 1 is 1.27 bits per heavy atom. The summed E-state index contributed by atoms with van der Waals surface area (Å²) in [7, 11) is 2.07. The Morgan fingerprint density at radius 3 is 2.67 bits per heavy atom. The van der Waals surface area contributed by atoms with Crippen LogP contribution in [0.2, 0.25) is 18.1 Å². The maximum absolute atomic E-state index is 6.98. The number of methoxy groups -OCH3 is 1. The number of nitrogens with zero attached hydrogens (tertiary/aromatic N) is 1. The summed E-state index contributed by atoms with van der Waals surface area (Å²) >= 11 is 3.86. The van der Waals surface area contributed by atoms with E-state index in [4.69, 9.17) is 13.9 Å². The topological polar surface area (TPSA) is 30.9 Å². The number of piperidine rings is 1. The minimum absolute atomic E-state index is 0.00933. The quantitative estimate of drug-likeness (QED) is 0.424. The first kappa shape index (κ1) is 21.0. The van der Waals surface area contributed by atoms with Gasteiger partial charge in [-0.05, 0) is 56.2 Å². The molecule has 6 heteroatoms. The third kappa shape index (κ3) is 2.63. The summed E-state index contributed by atoms with van der Waals surface area (Å²) in [5, 5.41) is 0.161. The third-order valence-electron chi connectivity index (χ3n) is 8.65. The highest BCUT2D eigenvalue weighted by Gasteiger charge is 2.65. The van der Waals surface area contributed by atoms with E-state index in [-0.39, 0.29) is 22.7 Å². The summed E-state index contributed by atoms with van der Waals surface area (Å²) < 4.78 is 20.8. The van der Waals surface area contributed by atoms with Gasteiger partial charge in [0.25, 0.3) is 0 Å². The molecule has 164 valence electrons. The first-order valence-electron chi connectivity index (χ1n) is 11.1. The normalized spacial score (nSPS) is 34.5. The van der Waals surface area contributed by atoms with Gasteiger partial charge in [0, 0.05) is 27.4 Å². The zero-order chi connectivity index (χ0) is 21.6. The van der Waals surface area contributed by atoms with Crippen molar-refractivity contribution in [1.29, 1.82) is 0 Å². The number of hydrogen-bond acceptors (Lipinski definition) is 4. The van der Waals surface area contributed by atoms with Gasteiger partial charge in [-0.2, -0.15) is 0 Å². The third-order valence-corrected chi connectivity index (χ3v) is 13.8. The van der Waals surface area contributed by atoms with Gasteiger partial charge < -0.3 is 18.8 Å². The molecule has 1 saturated heterocycles. The molecule has 0 aromatic heterocycles. The van der Waals surface area contributed by atoms with Gasteiger partial charge in [0.1, 0.15) is 12.2 Å². The lowest BCUT2D eigenvalue weighted by atomic mass is 9.53. The minimum atomic E-state index is -1.95. The van der Waals surface area contributed by atoms with Crippen LogP contribution in [0.25, 0.3) is 0 Å². The average molecular weight is 493 g/mol. The summed E-state index contributed by atoms with van der Waals surface area (Å²) in [6, 6.07) is 2.59. The predicted octanol–water partition coefficient (Wildman–Crippen LogP) is 5.29. The first-order valence-corrected chi connectivity index (χ1v) is 14.8. The van der Waals surface area contributed by atoms with Crippen LogP contribution < -0.4 is 9.47 Å². The zero-order valence-corrected chi connectivity index (χ0v) is 21.8. The largest absolute Gasteiger partial charge is 0.493 e. The van der Waals surface area contributed by atoms with E-state index < -0.39 is 8.32 Å². The highest BCUT2D eigenvalue weighted by molar-refractivity contribution is 9.10. The number of likely N-dealkylation sites (N-methyl/N-ethyl adjacent to an activating group) is 1. The lowest BCUT2D eigenvalue weighted by Crippen LogP contribution is -2.66. The molecule has 1 spiro atoms. The molecule has 0 saturated carbocycles. The smallest absolute Gasteiger partial charge is 0.193 e. The summed E-state index contributed by atoms with van der Waals surface area (Å²) in [4.78, 5) is 2.55. The molecular weight excluding hydrogens is 458 g/mol. The molecule has 1 fully saturated rings. The average Bonchev–Trinajstić information content (AvgIpc) is 3.00. The molecule has 0 radical (unpaired) electrons. The number of hydrogen-bond donors (Lipinski definition) is 0. The predicted molar refractivity (Wildman–Crippen MR) is 126 cm³/mol. The highest BCUT2D eigenvalue weighted by atomic mass is 79.9. The number of likely N-dealkylation sites (tertiary alicyclic amines) is 1. The standard InChI is InChI=1S/C24H34BrNO3Si/c1-23(2,3)30(6,7)29-18-9-8-15-17-12-14-16(25)13-19(27-5)21-20(14)24(15,22(18)28-21)10-11-26(17)4/h8-9,13,15,17-18,22H,10-12H2,1-7H3/t15-,17-,18+,22+,24+/m1/s1. The summed E-state index contributed by atoms with van der Waals surface area (Å²) in [5.74, 6) is 2.25. The van der Waals surface area contributed by atoms with Crippen LogP contribution >= 0.6 is 15.9 Å². The number of rotatable bonds is 3. The molecule has 0 N–H and O–H groups in total. The van der Waals surface area contributed by atoms with E-state index in [1.165, 1.54) is 11.1 Å². The first-order chi connectivity index (χ1) is 14.0. The van der Waals surface area contributed by atoms with Gasteiger partial charge in [-0.3, -0.25) is 0 Å². The minimum Gasteiger partial charge on any atom is -0.493 e. The second-order valence-electron chi connectivity index (χ2n) is 11.1. The second-order valence-corrected chi connectivity index (χ2v) is 16.7. The zero-order valence-electron chi connectivity index (χ0n) is 19.2. The van der Waals surface area contributed by atoms with Crippen LogP contribution in [-0.2, 0) is 16.3 Å². The van der Waals surface area contributed by atoms with Crippen LogP contribution in [0.5, 0.6) is 11.5 Å². The molecule has 1 aromatic rings. The number of halogens is 1. The lowest BCUT2D eigenvalue weighted by molar-refractivity contribution is -0.0416. The van der Waals surface area contributed by atoms with Crippen molar-refractivity contribution in [3.05, 3.63) is 33.8 Å². The molecule has 1 aromatic carbocycles. The Balaban J connectivity index is 1.68. The van der Waals surface area contributed by atoms with E-state index in [1.807, 2.05) is 0 Å². The Hall–Kier alpha value is -0.823. The van der Waals surface area contributed by atoms with Crippen molar-refractivity contribution in [2.75, 3.05) is 20.7 Å². The summed E-state index contributed by atoms with van der Waals surface area (Å²) in [6.45, 7) is 12.7. The fraction of sp³-hybridized carbons (Fsp3) is 0.667. The molecule has 0 amide bonds. The Labute approximate surface area is 190 Å². The molecule has 2 aliphatic heterocycles. The van der Waals surface area contributed by atoms with Crippen molar-refractivity contribution in [3.8, 4) is 11.5 Å². The van der Waals surface area contributed by atoms with Gasteiger partial charge in [0.15, 0.2) is 19.8 Å². The summed E-state index contributed by atoms with van der Waals surface area (Å²) in [6.07, 6.45) is 6.91. The van der Waals surface area contributed by atoms with Crippen LogP contribution in [0.15, 0.2) is 22.7 Å². The fourth-order valence-corrected chi connectivity index (χ4v) is 7.82. The molecule has 0 unspecified atom stereocenters. The van der Waals surface area contributed by atoms with Gasteiger partial charge in [-0.1, -0.05) is 48.9 Å². The van der Waals surface area contributed by atoms with Crippen LogP contribution in [0.4, 0.5) is 0 Å². The van der Waals surface area contributed by atoms with Crippen molar-refractivity contribution in [1.82, 2.24) is 4.90 Å². The molecule has 2 heterocycles. The molecule has 4 aliphatic rings. The van der Waals surface area contributed by atoms with E-state index in [0.717, 1.165) is 35.4 Å². The van der Waals surface area contributed by atoms with Gasteiger partial charge >= 0.3 is 0 Å². The fourth-order valence-electron chi connectivity index (χ4n) is 6.02. The SMILES string of the molecule is COc1cc(Br)c2c3c1O[C@H]1[C@@H](O[Si](C)(C)C(C)(C)C)C=C[C@@H]4[C@@H](C2)N(C)CC[C@@]341. The van der Waals surface area contributed by atoms with Crippen molar-refractivity contribution in [2.24, 2.45) is 5.92 Å². The molecular formula is C24H34BrNO3Si. The molecule has 2 bridgehead atoms. The van der Waals surface area contributed by atoms with E-state index >= 15 is 0 Å². The number of benzene rings is 1. The monoisotopic (exact) mass is 491 g/mol. The maximum atomic E-state index is 6.98. The van der Waals surface area contributed by atoms with E-state index in [2.05, 4.69) is 80.0 Å². The van der Waals surface area contributed by atoms with Gasteiger partial charge in [0.05, 0.1) is 7.11 Å². The molecule has 30 heavy (non-hydrogen) atoms. The Bertz CT molecular complexity index is 924. The van der Waals surface area contributed by atoms with Crippen LogP contribution in [-0.4, -0.2) is 52.2 Å². The van der Waals surface area contributed by atoms with Gasteiger partial charge in [-0.25, -0.2) is 0 Å². The van der Waals surface area contributed by atoms with Crippen LogP contribution in [0.1, 0.15) is 38.3 Å².